The molecule has 16 nitrogen and oxygen atoms in total. The molecule has 0 spiro atoms. The van der Waals surface area contributed by atoms with E-state index in [1.165, 1.54) is 14.2 Å². The van der Waals surface area contributed by atoms with Crippen molar-refractivity contribution < 1.29 is 63.0 Å². The molecule has 1 aliphatic heterocycles. The summed E-state index contributed by atoms with van der Waals surface area (Å²) in [5, 5.41) is 38.0. The highest BCUT2D eigenvalue weighted by molar-refractivity contribution is 5.96. The summed E-state index contributed by atoms with van der Waals surface area (Å²) in [5.41, 5.74) is 0. The second-order valence-corrected chi connectivity index (χ2v) is 13.6. The Morgan fingerprint density at radius 1 is 0.712 bits per heavy atom. The highest BCUT2D eigenvalue weighted by Gasteiger charge is 2.59. The number of esters is 2. The summed E-state index contributed by atoms with van der Waals surface area (Å²) >= 11 is 0. The summed E-state index contributed by atoms with van der Waals surface area (Å²) in [6.45, 7) is 6.18. The van der Waals surface area contributed by atoms with E-state index in [0.717, 1.165) is 38.5 Å². The molecule has 16 heteroatoms. The minimum atomic E-state index is -1.41. The van der Waals surface area contributed by atoms with Gasteiger partial charge in [-0.15, -0.1) is 0 Å². The number of methoxy groups -OCH3 is 2. The van der Waals surface area contributed by atoms with Crippen molar-refractivity contribution in [3.63, 3.8) is 0 Å². The maximum absolute atomic E-state index is 13.5. The third kappa shape index (κ3) is 14.9. The molecule has 2 rings (SSSR count). The zero-order valence-electron chi connectivity index (χ0n) is 31.5. The van der Waals surface area contributed by atoms with E-state index in [4.69, 9.17) is 23.7 Å². The van der Waals surface area contributed by atoms with Crippen LogP contribution in [0.15, 0.2) is 0 Å². The topological polar surface area (TPSA) is 228 Å². The second-order valence-electron chi connectivity index (χ2n) is 13.6. The van der Waals surface area contributed by atoms with E-state index in [1.807, 2.05) is 0 Å². The lowest BCUT2D eigenvalue weighted by Crippen LogP contribution is -2.57. The fraction of sp³-hybridized carbons (Fsp3) is 0.861. The Labute approximate surface area is 307 Å². The van der Waals surface area contributed by atoms with Crippen molar-refractivity contribution in [2.24, 2.45) is 17.8 Å². The Morgan fingerprint density at radius 2 is 1.25 bits per heavy atom. The number of ether oxygens (including phenoxy) is 5. The van der Waals surface area contributed by atoms with Crippen LogP contribution in [0.5, 0.6) is 0 Å². The smallest absolute Gasteiger partial charge is 0.328 e. The zero-order chi connectivity index (χ0) is 38.6. The van der Waals surface area contributed by atoms with Gasteiger partial charge in [0.25, 0.3) is 0 Å². The number of unbranched alkanes of at least 4 members (excludes halogenated alkanes) is 6. The van der Waals surface area contributed by atoms with E-state index in [9.17, 15) is 39.3 Å². The molecule has 52 heavy (non-hydrogen) atoms. The number of hydrogen-bond donors (Lipinski definition) is 6. The summed E-state index contributed by atoms with van der Waals surface area (Å²) in [6, 6.07) is -1.73. The molecular formula is C36H63N3O13. The van der Waals surface area contributed by atoms with Gasteiger partial charge in [0.05, 0.1) is 52.0 Å². The van der Waals surface area contributed by atoms with Gasteiger partial charge in [-0.05, 0) is 32.1 Å². The molecule has 6 N–H and O–H groups in total. The molecule has 2 unspecified atom stereocenters. The normalized spacial score (nSPS) is 26.5. The van der Waals surface area contributed by atoms with E-state index in [0.29, 0.717) is 25.7 Å². The van der Waals surface area contributed by atoms with E-state index in [2.05, 4.69) is 29.8 Å². The molecule has 1 heterocycles. The molecule has 1 saturated carbocycles. The van der Waals surface area contributed by atoms with Gasteiger partial charge in [-0.1, -0.05) is 65.2 Å². The molecule has 10 atom stereocenters. The molecule has 1 aliphatic carbocycles. The number of carbonyl (C=O) groups is 5. The van der Waals surface area contributed by atoms with Crippen LogP contribution in [-0.2, 0) is 47.7 Å². The first-order chi connectivity index (χ1) is 24.9. The first-order valence-electron chi connectivity index (χ1n) is 18.8. The van der Waals surface area contributed by atoms with E-state index in [1.54, 1.807) is 6.92 Å². The third-order valence-corrected chi connectivity index (χ3v) is 9.66. The number of rotatable bonds is 26. The predicted molar refractivity (Wildman–Crippen MR) is 187 cm³/mol. The van der Waals surface area contributed by atoms with Crippen molar-refractivity contribution >= 4 is 29.7 Å². The van der Waals surface area contributed by atoms with Gasteiger partial charge >= 0.3 is 11.9 Å². The molecule has 2 fully saturated rings. The Balaban J connectivity index is 1.92. The fourth-order valence-corrected chi connectivity index (χ4v) is 6.44. The second kappa shape index (κ2) is 24.4. The number of amides is 3. The van der Waals surface area contributed by atoms with Crippen molar-refractivity contribution in [2.75, 3.05) is 40.6 Å². The lowest BCUT2D eigenvalue weighted by molar-refractivity contribution is -0.294. The van der Waals surface area contributed by atoms with E-state index < -0.39 is 84.3 Å². The van der Waals surface area contributed by atoms with Gasteiger partial charge < -0.3 is 55.0 Å². The lowest BCUT2D eigenvalue weighted by atomic mass is 10.0. The Kier molecular flexibility index (Phi) is 21.3. The van der Waals surface area contributed by atoms with Gasteiger partial charge in [-0.25, -0.2) is 9.59 Å². The number of aliphatic hydroxyl groups excluding tert-OH is 3. The molecule has 300 valence electrons. The minimum Gasteiger partial charge on any atom is -0.467 e. The Hall–Kier alpha value is -2.89. The van der Waals surface area contributed by atoms with Crippen molar-refractivity contribution in [3.05, 3.63) is 0 Å². The van der Waals surface area contributed by atoms with Gasteiger partial charge in [0.15, 0.2) is 6.29 Å². The minimum absolute atomic E-state index is 0.0273. The molecule has 0 bridgehead atoms. The number of hydrogen-bond acceptors (Lipinski definition) is 13. The van der Waals surface area contributed by atoms with Crippen LogP contribution in [0, 0.1) is 17.8 Å². The maximum Gasteiger partial charge on any atom is 0.328 e. The van der Waals surface area contributed by atoms with Gasteiger partial charge in [0, 0.05) is 13.0 Å². The van der Waals surface area contributed by atoms with Crippen LogP contribution < -0.4 is 16.0 Å². The predicted octanol–water partition coefficient (Wildman–Crippen LogP) is 0.862. The zero-order valence-corrected chi connectivity index (χ0v) is 31.5. The summed E-state index contributed by atoms with van der Waals surface area (Å²) in [7, 11) is 2.51. The van der Waals surface area contributed by atoms with Crippen LogP contribution in [0.25, 0.3) is 0 Å². The van der Waals surface area contributed by atoms with Crippen molar-refractivity contribution in [1.82, 2.24) is 16.0 Å². The average molecular weight is 746 g/mol. The van der Waals surface area contributed by atoms with Crippen LogP contribution in [0.2, 0.25) is 0 Å². The standard InChI is InChI=1S/C36H63N3O13/c1-6-8-10-12-14-24(34(46)48-4)38-32(44)27-23(28(27)33(45)39-25(35(47)49-5)15-13-11-9-7-2)16-17-26(40)37-18-19-50-20-21-51-36-31(43)30(42)29(41)22(3)52-36/h22-25,27-31,36,41-43H,6-21H2,1-5H3,(H,37,40)(H,38,44)(H,39,45)/t22-,23?,24-,25?,27-,28-,29-,30+,31+,36+/m0/s1. The van der Waals surface area contributed by atoms with Gasteiger partial charge in [-0.3, -0.25) is 14.4 Å². The van der Waals surface area contributed by atoms with Gasteiger partial charge in [-0.2, -0.15) is 0 Å². The lowest BCUT2D eigenvalue weighted by Gasteiger charge is -2.38. The van der Waals surface area contributed by atoms with Crippen LogP contribution in [0.3, 0.4) is 0 Å². The molecule has 0 aromatic heterocycles. The number of aliphatic hydroxyl groups is 3. The number of carbonyl (C=O) groups excluding carboxylic acids is 5. The highest BCUT2D eigenvalue weighted by Crippen LogP contribution is 2.50. The summed E-state index contributed by atoms with van der Waals surface area (Å²) in [6.07, 6.45) is 2.40. The average Bonchev–Trinajstić information content (AvgIpc) is 3.87. The molecule has 1 saturated heterocycles. The molecule has 3 amide bonds. The molecule has 0 aromatic rings. The van der Waals surface area contributed by atoms with Crippen molar-refractivity contribution in [2.45, 2.75) is 141 Å². The van der Waals surface area contributed by atoms with Crippen molar-refractivity contribution in [3.8, 4) is 0 Å². The summed E-state index contributed by atoms with van der Waals surface area (Å²) < 4.78 is 26.1. The Bertz CT molecular complexity index is 1060. The monoisotopic (exact) mass is 745 g/mol. The quantitative estimate of drug-likeness (QED) is 0.0534. The molecular weight excluding hydrogens is 682 g/mol. The van der Waals surface area contributed by atoms with Crippen LogP contribution in [-0.4, -0.2) is 128 Å². The first-order valence-corrected chi connectivity index (χ1v) is 18.8. The van der Waals surface area contributed by atoms with Gasteiger partial charge in [0.2, 0.25) is 17.7 Å². The van der Waals surface area contributed by atoms with E-state index >= 15 is 0 Å². The first kappa shape index (κ1) is 45.3. The van der Waals surface area contributed by atoms with Crippen molar-refractivity contribution in [1.29, 1.82) is 0 Å². The third-order valence-electron chi connectivity index (χ3n) is 9.66. The summed E-state index contributed by atoms with van der Waals surface area (Å²) in [5.74, 6) is -4.48. The Morgan fingerprint density at radius 3 is 1.75 bits per heavy atom. The fourth-order valence-electron chi connectivity index (χ4n) is 6.44. The molecule has 0 radical (unpaired) electrons. The molecule has 2 aliphatic rings. The highest BCUT2D eigenvalue weighted by atomic mass is 16.7. The number of nitrogens with one attached hydrogen (secondary N) is 3. The summed E-state index contributed by atoms with van der Waals surface area (Å²) in [4.78, 5) is 64.7. The van der Waals surface area contributed by atoms with Crippen LogP contribution in [0.1, 0.15) is 97.8 Å². The van der Waals surface area contributed by atoms with Crippen LogP contribution in [0.4, 0.5) is 0 Å². The van der Waals surface area contributed by atoms with Gasteiger partial charge in [0.1, 0.15) is 30.4 Å². The van der Waals surface area contributed by atoms with E-state index in [-0.39, 0.29) is 45.1 Å². The van der Waals surface area contributed by atoms with Crippen LogP contribution >= 0.6 is 0 Å². The molecule has 0 aromatic carbocycles. The maximum atomic E-state index is 13.5. The largest absolute Gasteiger partial charge is 0.467 e. The SMILES string of the molecule is CCCCCCC(NC(=O)[C@H]1C(CCC(=O)NCCOCCO[C@@H]2O[C@@H](C)[C@H](O)[C@@H](O)[C@H]2O)[C@@H]1C(=O)N[C@@H](CCCCCC)C(=O)OC)C(=O)OC.